The molecule has 0 aliphatic rings. The Morgan fingerprint density at radius 2 is 2.07 bits per heavy atom. The molecule has 0 saturated carbocycles. The number of carboxylic acid groups (broad SMARTS) is 1. The van der Waals surface area contributed by atoms with E-state index in [1.807, 2.05) is 0 Å². The quantitative estimate of drug-likeness (QED) is 0.342. The van der Waals surface area contributed by atoms with Crippen LogP contribution in [0.1, 0.15) is 12.8 Å². The molecule has 0 radical (unpaired) electrons. The fraction of sp³-hybridized carbons (Fsp3) is 0.857. The highest BCUT2D eigenvalue weighted by molar-refractivity contribution is 7.51. The molecule has 0 bridgehead atoms. The van der Waals surface area contributed by atoms with Crippen LogP contribution >= 0.6 is 7.60 Å². The first kappa shape index (κ1) is 14.5. The lowest BCUT2D eigenvalue weighted by atomic mass is 10.1. The highest BCUT2D eigenvalue weighted by Gasteiger charge is 2.18. The summed E-state index contributed by atoms with van der Waals surface area (Å²) in [4.78, 5) is 27.8. The Kier molecular flexibility index (Phi) is 6.71. The van der Waals surface area contributed by atoms with Gasteiger partial charge in [-0.2, -0.15) is 0 Å². The molecule has 6 N–H and O–H groups in total. The van der Waals surface area contributed by atoms with Crippen LogP contribution in [-0.4, -0.2) is 46.2 Å². The summed E-state index contributed by atoms with van der Waals surface area (Å²) in [6.07, 6.45) is 0.548. The second-order valence-corrected chi connectivity index (χ2v) is 4.94. The van der Waals surface area contributed by atoms with Crippen LogP contribution in [0, 0.1) is 0 Å². The summed E-state index contributed by atoms with van der Waals surface area (Å²) < 4.78 is 10.5. The molecule has 8 heteroatoms. The molecule has 0 aliphatic carbocycles. The number of aliphatic carboxylic acids is 1. The van der Waals surface area contributed by atoms with Gasteiger partial charge in [-0.25, -0.2) is 0 Å². The molecule has 90 valence electrons. The number of rotatable bonds is 8. The zero-order chi connectivity index (χ0) is 11.9. The van der Waals surface area contributed by atoms with E-state index >= 15 is 0 Å². The molecule has 0 aromatic carbocycles. The Bertz CT molecular complexity index is 242. The van der Waals surface area contributed by atoms with Crippen LogP contribution < -0.4 is 11.1 Å². The Morgan fingerprint density at radius 1 is 1.47 bits per heavy atom. The van der Waals surface area contributed by atoms with Crippen LogP contribution in [0.15, 0.2) is 0 Å². The predicted molar refractivity (Wildman–Crippen MR) is 54.6 cm³/mol. The van der Waals surface area contributed by atoms with Gasteiger partial charge in [-0.1, -0.05) is 0 Å². The standard InChI is InChI=1S/C7H17N2O5P/c8-3-1-2-6(7(10)11)9-4-5-15(12,13)14/h6,9H,1-5,8H2,(H,10,11)(H2,12,13,14). The first-order chi connectivity index (χ1) is 6.87. The van der Waals surface area contributed by atoms with Gasteiger partial charge in [-0.05, 0) is 19.4 Å². The summed E-state index contributed by atoms with van der Waals surface area (Å²) in [5, 5.41) is 11.3. The molecule has 0 saturated heterocycles. The molecule has 0 aromatic heterocycles. The zero-order valence-corrected chi connectivity index (χ0v) is 9.19. The van der Waals surface area contributed by atoms with Crippen molar-refractivity contribution in [3.05, 3.63) is 0 Å². The fourth-order valence-electron chi connectivity index (χ4n) is 1.02. The average Bonchev–Trinajstić information content (AvgIpc) is 2.08. The predicted octanol–water partition coefficient (Wildman–Crippen LogP) is -1.05. The van der Waals surface area contributed by atoms with Crippen LogP contribution in [0.4, 0.5) is 0 Å². The summed E-state index contributed by atoms with van der Waals surface area (Å²) in [6, 6.07) is -0.792. The van der Waals surface area contributed by atoms with Crippen LogP contribution in [-0.2, 0) is 9.36 Å². The molecule has 0 amide bonds. The highest BCUT2D eigenvalue weighted by atomic mass is 31.2. The lowest BCUT2D eigenvalue weighted by Crippen LogP contribution is -2.38. The number of nitrogens with one attached hydrogen (secondary N) is 1. The second kappa shape index (κ2) is 6.92. The molecular formula is C7H17N2O5P. The Hall–Kier alpha value is -0.460. The third kappa shape index (κ3) is 8.53. The van der Waals surface area contributed by atoms with Crippen LogP contribution in [0.5, 0.6) is 0 Å². The monoisotopic (exact) mass is 240 g/mol. The maximum atomic E-state index is 10.7. The van der Waals surface area contributed by atoms with Gasteiger partial charge in [-0.15, -0.1) is 0 Å². The molecule has 15 heavy (non-hydrogen) atoms. The molecule has 0 fully saturated rings. The van der Waals surface area contributed by atoms with Crippen molar-refractivity contribution in [1.29, 1.82) is 0 Å². The van der Waals surface area contributed by atoms with E-state index in [2.05, 4.69) is 5.32 Å². The number of carbonyl (C=O) groups is 1. The minimum Gasteiger partial charge on any atom is -0.480 e. The molecule has 0 spiro atoms. The van der Waals surface area contributed by atoms with Crippen molar-refractivity contribution < 1.29 is 24.3 Å². The SMILES string of the molecule is NCCCC(NCCP(=O)(O)O)C(=O)O. The first-order valence-corrected chi connectivity index (χ1v) is 6.37. The van der Waals surface area contributed by atoms with E-state index in [0.29, 0.717) is 19.4 Å². The van der Waals surface area contributed by atoms with E-state index in [1.165, 1.54) is 0 Å². The van der Waals surface area contributed by atoms with Crippen molar-refractivity contribution in [2.45, 2.75) is 18.9 Å². The van der Waals surface area contributed by atoms with E-state index in [4.69, 9.17) is 20.6 Å². The number of nitrogens with two attached hydrogens (primary N) is 1. The summed E-state index contributed by atoms with van der Waals surface area (Å²) in [5.41, 5.74) is 5.23. The molecule has 0 heterocycles. The van der Waals surface area contributed by atoms with E-state index in [1.54, 1.807) is 0 Å². The average molecular weight is 240 g/mol. The lowest BCUT2D eigenvalue weighted by Gasteiger charge is -2.13. The third-order valence-corrected chi connectivity index (χ3v) is 2.60. The van der Waals surface area contributed by atoms with Gasteiger partial charge in [0.2, 0.25) is 0 Å². The van der Waals surface area contributed by atoms with Crippen molar-refractivity contribution in [3.63, 3.8) is 0 Å². The normalized spacial score (nSPS) is 13.8. The minimum absolute atomic E-state index is 0.0220. The Morgan fingerprint density at radius 3 is 2.47 bits per heavy atom. The molecular weight excluding hydrogens is 223 g/mol. The van der Waals surface area contributed by atoms with Crippen LogP contribution in [0.2, 0.25) is 0 Å². The minimum atomic E-state index is -4.06. The molecule has 0 aromatic rings. The van der Waals surface area contributed by atoms with Crippen molar-refractivity contribution in [1.82, 2.24) is 5.32 Å². The highest BCUT2D eigenvalue weighted by Crippen LogP contribution is 2.32. The van der Waals surface area contributed by atoms with Crippen molar-refractivity contribution >= 4 is 13.6 Å². The maximum Gasteiger partial charge on any atom is 0.326 e. The molecule has 1 unspecified atom stereocenters. The summed E-state index contributed by atoms with van der Waals surface area (Å²) >= 11 is 0. The number of carboxylic acids is 1. The fourth-order valence-corrected chi connectivity index (χ4v) is 1.44. The topological polar surface area (TPSA) is 133 Å². The number of hydrogen-bond acceptors (Lipinski definition) is 4. The van der Waals surface area contributed by atoms with E-state index in [9.17, 15) is 9.36 Å². The first-order valence-electron chi connectivity index (χ1n) is 4.57. The zero-order valence-electron chi connectivity index (χ0n) is 8.30. The number of hydrogen-bond donors (Lipinski definition) is 5. The lowest BCUT2D eigenvalue weighted by molar-refractivity contribution is -0.139. The van der Waals surface area contributed by atoms with E-state index in [0.717, 1.165) is 0 Å². The Balaban J connectivity index is 3.86. The van der Waals surface area contributed by atoms with Gasteiger partial charge < -0.3 is 25.9 Å². The summed E-state index contributed by atoms with van der Waals surface area (Å²) in [7, 11) is -4.06. The van der Waals surface area contributed by atoms with E-state index < -0.39 is 19.6 Å². The third-order valence-electron chi connectivity index (χ3n) is 1.79. The van der Waals surface area contributed by atoms with Crippen molar-refractivity contribution in [3.8, 4) is 0 Å². The molecule has 0 aliphatic heterocycles. The van der Waals surface area contributed by atoms with Gasteiger partial charge in [0.25, 0.3) is 0 Å². The van der Waals surface area contributed by atoms with Gasteiger partial charge >= 0.3 is 13.6 Å². The second-order valence-electron chi connectivity index (χ2n) is 3.16. The van der Waals surface area contributed by atoms with Crippen LogP contribution in [0.3, 0.4) is 0 Å². The van der Waals surface area contributed by atoms with Gasteiger partial charge in [-0.3, -0.25) is 9.36 Å². The molecule has 1 atom stereocenters. The van der Waals surface area contributed by atoms with Gasteiger partial charge in [0.1, 0.15) is 6.04 Å². The van der Waals surface area contributed by atoms with Crippen molar-refractivity contribution in [2.24, 2.45) is 5.73 Å². The molecule has 7 nitrogen and oxygen atoms in total. The van der Waals surface area contributed by atoms with E-state index in [-0.39, 0.29) is 12.7 Å². The smallest absolute Gasteiger partial charge is 0.326 e. The summed E-state index contributed by atoms with van der Waals surface area (Å²) in [5.74, 6) is -1.03. The molecule has 0 rings (SSSR count). The largest absolute Gasteiger partial charge is 0.480 e. The van der Waals surface area contributed by atoms with Gasteiger partial charge in [0.05, 0.1) is 6.16 Å². The van der Waals surface area contributed by atoms with Gasteiger partial charge in [0, 0.05) is 6.54 Å². The van der Waals surface area contributed by atoms with Crippen molar-refractivity contribution in [2.75, 3.05) is 19.3 Å². The van der Waals surface area contributed by atoms with Crippen LogP contribution in [0.25, 0.3) is 0 Å². The Labute approximate surface area is 87.8 Å². The van der Waals surface area contributed by atoms with Gasteiger partial charge in [0.15, 0.2) is 0 Å². The summed E-state index contributed by atoms with van der Waals surface area (Å²) in [6.45, 7) is 0.371. The maximum absolute atomic E-state index is 10.7.